The van der Waals surface area contributed by atoms with Crippen molar-refractivity contribution in [3.63, 3.8) is 0 Å². The molecule has 0 atom stereocenters. The van der Waals surface area contributed by atoms with Crippen LogP contribution in [0, 0.1) is 0 Å². The van der Waals surface area contributed by atoms with E-state index < -0.39 is 0 Å². The van der Waals surface area contributed by atoms with Crippen LogP contribution in [0.2, 0.25) is 0 Å². The first-order chi connectivity index (χ1) is 9.26. The van der Waals surface area contributed by atoms with Crippen LogP contribution in [0.3, 0.4) is 0 Å². The van der Waals surface area contributed by atoms with Crippen LogP contribution in [0.1, 0.15) is 36.1 Å². The first-order valence-electron chi connectivity index (χ1n) is 6.89. The summed E-state index contributed by atoms with van der Waals surface area (Å²) < 4.78 is 0. The number of anilines is 1. The smallest absolute Gasteiger partial charge is 0.0422 e. The normalized spacial score (nSPS) is 11.1. The van der Waals surface area contributed by atoms with Crippen LogP contribution < -0.4 is 5.73 Å². The van der Waals surface area contributed by atoms with Gasteiger partial charge < -0.3 is 5.73 Å². The van der Waals surface area contributed by atoms with Gasteiger partial charge in [0.1, 0.15) is 0 Å². The van der Waals surface area contributed by atoms with Gasteiger partial charge in [0.05, 0.1) is 0 Å². The predicted octanol–water partition coefficient (Wildman–Crippen LogP) is 4.56. The van der Waals surface area contributed by atoms with Crippen LogP contribution in [0.25, 0.3) is 12.2 Å². The highest BCUT2D eigenvalue weighted by Gasteiger charge is 2.06. The third-order valence-electron chi connectivity index (χ3n) is 3.48. The fourth-order valence-corrected chi connectivity index (χ4v) is 2.37. The highest BCUT2D eigenvalue weighted by atomic mass is 14.6. The summed E-state index contributed by atoms with van der Waals surface area (Å²) in [4.78, 5) is 0. The third kappa shape index (κ3) is 3.05. The lowest BCUT2D eigenvalue weighted by Gasteiger charge is -2.12. The molecule has 1 nitrogen and oxygen atoms in total. The van der Waals surface area contributed by atoms with E-state index in [1.165, 1.54) is 16.7 Å². The molecule has 0 saturated heterocycles. The van der Waals surface area contributed by atoms with Crippen LogP contribution in [-0.2, 0) is 12.8 Å². The molecule has 0 aliphatic heterocycles. The van der Waals surface area contributed by atoms with Crippen molar-refractivity contribution < 1.29 is 0 Å². The molecule has 0 saturated carbocycles. The number of hydrogen-bond donors (Lipinski definition) is 1. The van der Waals surface area contributed by atoms with Crippen LogP contribution >= 0.6 is 0 Å². The lowest BCUT2D eigenvalue weighted by atomic mass is 9.97. The summed E-state index contributed by atoms with van der Waals surface area (Å²) in [7, 11) is 0. The van der Waals surface area contributed by atoms with Crippen LogP contribution in [0.15, 0.2) is 42.5 Å². The second-order valence-corrected chi connectivity index (χ2v) is 4.66. The predicted molar refractivity (Wildman–Crippen MR) is 85.0 cm³/mol. The monoisotopic (exact) mass is 251 g/mol. The summed E-state index contributed by atoms with van der Waals surface area (Å²) in [5.74, 6) is 0. The quantitative estimate of drug-likeness (QED) is 0.625. The second-order valence-electron chi connectivity index (χ2n) is 4.66. The molecular formula is C18H21N. The topological polar surface area (TPSA) is 26.0 Å². The van der Waals surface area contributed by atoms with Gasteiger partial charge in [-0.2, -0.15) is 0 Å². The SMILES string of the molecule is CCc1ccc(C=Cc2ccccc2)c(N)c1CC. The fraction of sp³-hybridized carbons (Fsp3) is 0.222. The molecule has 0 aliphatic rings. The lowest BCUT2D eigenvalue weighted by molar-refractivity contribution is 1.04. The average molecular weight is 251 g/mol. The number of nitrogens with two attached hydrogens (primary N) is 1. The Balaban J connectivity index is 2.34. The summed E-state index contributed by atoms with van der Waals surface area (Å²) >= 11 is 0. The molecule has 0 spiro atoms. The van der Waals surface area contributed by atoms with Gasteiger partial charge in [0, 0.05) is 5.69 Å². The van der Waals surface area contributed by atoms with E-state index in [-0.39, 0.29) is 0 Å². The van der Waals surface area contributed by atoms with Crippen molar-refractivity contribution in [2.75, 3.05) is 5.73 Å². The largest absolute Gasteiger partial charge is 0.398 e. The van der Waals surface area contributed by atoms with E-state index in [0.29, 0.717) is 0 Å². The zero-order chi connectivity index (χ0) is 13.7. The Morgan fingerprint density at radius 1 is 0.895 bits per heavy atom. The molecule has 0 amide bonds. The molecular weight excluding hydrogens is 230 g/mol. The number of rotatable bonds is 4. The van der Waals surface area contributed by atoms with Crippen molar-refractivity contribution in [2.24, 2.45) is 0 Å². The van der Waals surface area contributed by atoms with Crippen LogP contribution in [0.4, 0.5) is 5.69 Å². The Kier molecular flexibility index (Phi) is 4.40. The fourth-order valence-electron chi connectivity index (χ4n) is 2.37. The van der Waals surface area contributed by atoms with Crippen molar-refractivity contribution in [3.8, 4) is 0 Å². The lowest BCUT2D eigenvalue weighted by Crippen LogP contribution is -2.00. The second kappa shape index (κ2) is 6.24. The molecule has 0 aliphatic carbocycles. The van der Waals surface area contributed by atoms with E-state index in [0.717, 1.165) is 24.1 Å². The van der Waals surface area contributed by atoms with E-state index in [4.69, 9.17) is 5.73 Å². The molecule has 0 fully saturated rings. The number of hydrogen-bond acceptors (Lipinski definition) is 1. The first kappa shape index (κ1) is 13.4. The van der Waals surface area contributed by atoms with Gasteiger partial charge in [-0.3, -0.25) is 0 Å². The number of nitrogen functional groups attached to an aromatic ring is 1. The van der Waals surface area contributed by atoms with E-state index in [2.05, 4.69) is 50.3 Å². The van der Waals surface area contributed by atoms with Crippen molar-refractivity contribution in [3.05, 3.63) is 64.7 Å². The molecule has 2 rings (SSSR count). The zero-order valence-electron chi connectivity index (χ0n) is 11.7. The highest BCUT2D eigenvalue weighted by Crippen LogP contribution is 2.24. The molecule has 2 aromatic rings. The van der Waals surface area contributed by atoms with Crippen LogP contribution in [-0.4, -0.2) is 0 Å². The summed E-state index contributed by atoms with van der Waals surface area (Å²) in [5, 5.41) is 0. The number of benzene rings is 2. The van der Waals surface area contributed by atoms with Crippen molar-refractivity contribution >= 4 is 17.8 Å². The maximum absolute atomic E-state index is 6.28. The van der Waals surface area contributed by atoms with E-state index in [1.54, 1.807) is 0 Å². The van der Waals surface area contributed by atoms with Gasteiger partial charge in [-0.15, -0.1) is 0 Å². The summed E-state index contributed by atoms with van der Waals surface area (Å²) in [6.45, 7) is 4.34. The first-order valence-corrected chi connectivity index (χ1v) is 6.89. The van der Waals surface area contributed by atoms with E-state index in [9.17, 15) is 0 Å². The Morgan fingerprint density at radius 3 is 2.26 bits per heavy atom. The minimum absolute atomic E-state index is 0.925. The average Bonchev–Trinajstić information content (AvgIpc) is 2.46. The highest BCUT2D eigenvalue weighted by molar-refractivity contribution is 5.77. The molecule has 19 heavy (non-hydrogen) atoms. The van der Waals surface area contributed by atoms with Crippen LogP contribution in [0.5, 0.6) is 0 Å². The van der Waals surface area contributed by atoms with Crippen molar-refractivity contribution in [1.29, 1.82) is 0 Å². The maximum Gasteiger partial charge on any atom is 0.0422 e. The Hall–Kier alpha value is -2.02. The molecule has 2 aromatic carbocycles. The Morgan fingerprint density at radius 2 is 1.63 bits per heavy atom. The molecule has 2 N–H and O–H groups in total. The zero-order valence-corrected chi connectivity index (χ0v) is 11.7. The Labute approximate surface area is 115 Å². The van der Waals surface area contributed by atoms with Gasteiger partial charge in [-0.25, -0.2) is 0 Å². The van der Waals surface area contributed by atoms with E-state index >= 15 is 0 Å². The standard InChI is InChI=1S/C18H21N/c1-3-15-12-13-16(18(19)17(15)4-2)11-10-14-8-6-5-7-9-14/h5-13H,3-4,19H2,1-2H3. The van der Waals surface area contributed by atoms with E-state index in [1.807, 2.05) is 18.2 Å². The molecule has 0 heterocycles. The summed E-state index contributed by atoms with van der Waals surface area (Å²) in [6, 6.07) is 14.6. The number of aryl methyl sites for hydroxylation is 1. The van der Waals surface area contributed by atoms with Gasteiger partial charge in [0.25, 0.3) is 0 Å². The van der Waals surface area contributed by atoms with Gasteiger partial charge >= 0.3 is 0 Å². The minimum atomic E-state index is 0.925. The summed E-state index contributed by atoms with van der Waals surface area (Å²) in [5.41, 5.74) is 12.2. The van der Waals surface area contributed by atoms with Crippen molar-refractivity contribution in [2.45, 2.75) is 26.7 Å². The maximum atomic E-state index is 6.28. The molecule has 0 bridgehead atoms. The van der Waals surface area contributed by atoms with Gasteiger partial charge in [-0.1, -0.05) is 68.5 Å². The minimum Gasteiger partial charge on any atom is -0.398 e. The van der Waals surface area contributed by atoms with Gasteiger partial charge in [0.15, 0.2) is 0 Å². The molecule has 0 aromatic heterocycles. The van der Waals surface area contributed by atoms with Gasteiger partial charge in [0.2, 0.25) is 0 Å². The molecule has 0 radical (unpaired) electrons. The molecule has 98 valence electrons. The molecule has 0 unspecified atom stereocenters. The summed E-state index contributed by atoms with van der Waals surface area (Å²) in [6.07, 6.45) is 6.23. The van der Waals surface area contributed by atoms with Crippen molar-refractivity contribution in [1.82, 2.24) is 0 Å². The third-order valence-corrected chi connectivity index (χ3v) is 3.48. The van der Waals surface area contributed by atoms with Gasteiger partial charge in [-0.05, 0) is 35.1 Å². The Bertz CT molecular complexity index is 568. The molecule has 1 heteroatoms.